The number of benzene rings is 1. The Balaban J connectivity index is 2.10. The molecule has 0 aliphatic rings. The fourth-order valence-corrected chi connectivity index (χ4v) is 2.48. The summed E-state index contributed by atoms with van der Waals surface area (Å²) in [5.74, 6) is 1.93. The normalized spacial score (nSPS) is 10.4. The van der Waals surface area contributed by atoms with Gasteiger partial charge in [-0.25, -0.2) is 4.98 Å². The largest absolute Gasteiger partial charge is 0.497 e. The van der Waals surface area contributed by atoms with E-state index in [1.165, 1.54) is 11.3 Å². The Labute approximate surface area is 133 Å². The van der Waals surface area contributed by atoms with Crippen molar-refractivity contribution in [3.63, 3.8) is 0 Å². The molecule has 0 amide bonds. The van der Waals surface area contributed by atoms with Gasteiger partial charge in [0.1, 0.15) is 11.6 Å². The number of methoxy groups -OCH3 is 1. The van der Waals surface area contributed by atoms with Gasteiger partial charge < -0.3 is 14.5 Å². The van der Waals surface area contributed by atoms with Crippen molar-refractivity contribution < 1.29 is 4.74 Å². The van der Waals surface area contributed by atoms with Gasteiger partial charge in [0.25, 0.3) is 0 Å². The maximum Gasteiger partial charge on any atom is 0.128 e. The Morgan fingerprint density at radius 3 is 2.32 bits per heavy atom. The molecule has 1 aromatic carbocycles. The van der Waals surface area contributed by atoms with E-state index in [0.29, 0.717) is 0 Å². The minimum Gasteiger partial charge on any atom is -0.497 e. The molecule has 1 heterocycles. The molecule has 0 saturated heterocycles. The van der Waals surface area contributed by atoms with Crippen LogP contribution in [0.15, 0.2) is 42.6 Å². The van der Waals surface area contributed by atoms with Gasteiger partial charge >= 0.3 is 0 Å². The summed E-state index contributed by atoms with van der Waals surface area (Å²) >= 11 is 0. The predicted octanol–water partition coefficient (Wildman–Crippen LogP) is 3.57. The first-order valence-corrected chi connectivity index (χ1v) is 7.73. The van der Waals surface area contributed by atoms with E-state index in [1.54, 1.807) is 7.11 Å². The quantitative estimate of drug-likeness (QED) is 0.781. The lowest BCUT2D eigenvalue weighted by Gasteiger charge is -2.22. The topological polar surface area (TPSA) is 28.6 Å². The van der Waals surface area contributed by atoms with E-state index in [0.717, 1.165) is 31.2 Å². The average Bonchev–Trinajstić information content (AvgIpc) is 2.56. The number of hydrogen-bond donors (Lipinski definition) is 0. The standard InChI is InChI=1S/C18H25N3O/c1-5-21(6-2)18-13-15(11-12-19-18)14-20(3)16-7-9-17(22-4)10-8-16/h7-13H,5-6,14H2,1-4H3. The zero-order valence-corrected chi connectivity index (χ0v) is 13.9. The lowest BCUT2D eigenvalue weighted by atomic mass is 10.2. The van der Waals surface area contributed by atoms with Crippen LogP contribution >= 0.6 is 0 Å². The minimum absolute atomic E-state index is 0.850. The SMILES string of the molecule is CCN(CC)c1cc(CN(C)c2ccc(OC)cc2)ccn1. The Bertz CT molecular complexity index is 579. The van der Waals surface area contributed by atoms with Crippen LogP contribution in [0.2, 0.25) is 0 Å². The number of ether oxygens (including phenoxy) is 1. The second-order valence-electron chi connectivity index (χ2n) is 5.25. The van der Waals surface area contributed by atoms with Crippen molar-refractivity contribution >= 4 is 11.5 Å². The molecule has 0 aliphatic carbocycles. The molecule has 0 spiro atoms. The Morgan fingerprint density at radius 1 is 1.05 bits per heavy atom. The van der Waals surface area contributed by atoms with Gasteiger partial charge in [0.15, 0.2) is 0 Å². The molecule has 4 heteroatoms. The summed E-state index contributed by atoms with van der Waals surface area (Å²) in [7, 11) is 3.78. The summed E-state index contributed by atoms with van der Waals surface area (Å²) in [5.41, 5.74) is 2.43. The van der Waals surface area contributed by atoms with Crippen molar-refractivity contribution in [1.29, 1.82) is 0 Å². The number of rotatable bonds is 7. The van der Waals surface area contributed by atoms with Gasteiger partial charge in [-0.15, -0.1) is 0 Å². The molecule has 0 saturated carbocycles. The highest BCUT2D eigenvalue weighted by atomic mass is 16.5. The molecule has 0 aliphatic heterocycles. The molecule has 22 heavy (non-hydrogen) atoms. The number of anilines is 2. The van der Waals surface area contributed by atoms with Crippen LogP contribution in [-0.4, -0.2) is 32.2 Å². The van der Waals surface area contributed by atoms with Gasteiger partial charge in [0.2, 0.25) is 0 Å². The molecule has 0 radical (unpaired) electrons. The van der Waals surface area contributed by atoms with E-state index in [9.17, 15) is 0 Å². The van der Waals surface area contributed by atoms with Gasteiger partial charge in [-0.05, 0) is 55.8 Å². The molecular weight excluding hydrogens is 274 g/mol. The molecule has 0 unspecified atom stereocenters. The van der Waals surface area contributed by atoms with Crippen LogP contribution in [0.5, 0.6) is 5.75 Å². The van der Waals surface area contributed by atoms with Crippen LogP contribution in [0.4, 0.5) is 11.5 Å². The molecule has 2 rings (SSSR count). The van der Waals surface area contributed by atoms with Crippen molar-refractivity contribution in [2.45, 2.75) is 20.4 Å². The lowest BCUT2D eigenvalue weighted by Crippen LogP contribution is -2.23. The summed E-state index contributed by atoms with van der Waals surface area (Å²) in [6.07, 6.45) is 1.89. The Hall–Kier alpha value is -2.23. The third-order valence-corrected chi connectivity index (χ3v) is 3.83. The fourth-order valence-electron chi connectivity index (χ4n) is 2.48. The molecule has 0 N–H and O–H groups in total. The summed E-state index contributed by atoms with van der Waals surface area (Å²) < 4.78 is 5.20. The van der Waals surface area contributed by atoms with E-state index >= 15 is 0 Å². The number of nitrogens with zero attached hydrogens (tertiary/aromatic N) is 3. The van der Waals surface area contributed by atoms with Gasteiger partial charge in [-0.3, -0.25) is 0 Å². The first kappa shape index (κ1) is 16.1. The zero-order valence-electron chi connectivity index (χ0n) is 13.9. The maximum absolute atomic E-state index is 5.20. The van der Waals surface area contributed by atoms with E-state index in [2.05, 4.69) is 59.9 Å². The lowest BCUT2D eigenvalue weighted by molar-refractivity contribution is 0.415. The monoisotopic (exact) mass is 299 g/mol. The van der Waals surface area contributed by atoms with Gasteiger partial charge in [0.05, 0.1) is 7.11 Å². The number of pyridine rings is 1. The van der Waals surface area contributed by atoms with Crippen LogP contribution in [0, 0.1) is 0 Å². The fraction of sp³-hybridized carbons (Fsp3) is 0.389. The molecule has 2 aromatic rings. The predicted molar refractivity (Wildman–Crippen MR) is 92.9 cm³/mol. The van der Waals surface area contributed by atoms with E-state index in [-0.39, 0.29) is 0 Å². The Kier molecular flexibility index (Phi) is 5.64. The second-order valence-corrected chi connectivity index (χ2v) is 5.25. The minimum atomic E-state index is 0.850. The average molecular weight is 299 g/mol. The van der Waals surface area contributed by atoms with Crippen molar-refractivity contribution in [3.05, 3.63) is 48.2 Å². The van der Waals surface area contributed by atoms with Crippen molar-refractivity contribution in [2.24, 2.45) is 0 Å². The molecule has 0 atom stereocenters. The molecule has 0 fully saturated rings. The van der Waals surface area contributed by atoms with E-state index < -0.39 is 0 Å². The van der Waals surface area contributed by atoms with E-state index in [1.807, 2.05) is 18.3 Å². The number of aromatic nitrogens is 1. The second kappa shape index (κ2) is 7.69. The first-order chi connectivity index (χ1) is 10.7. The van der Waals surface area contributed by atoms with Gasteiger partial charge in [-0.2, -0.15) is 0 Å². The van der Waals surface area contributed by atoms with Crippen molar-refractivity contribution in [1.82, 2.24) is 4.98 Å². The third-order valence-electron chi connectivity index (χ3n) is 3.83. The molecule has 118 valence electrons. The molecular formula is C18H25N3O. The van der Waals surface area contributed by atoms with Crippen molar-refractivity contribution in [3.8, 4) is 5.75 Å². The highest BCUT2D eigenvalue weighted by Crippen LogP contribution is 2.21. The van der Waals surface area contributed by atoms with Crippen LogP contribution in [0.25, 0.3) is 0 Å². The van der Waals surface area contributed by atoms with Gasteiger partial charge in [-0.1, -0.05) is 0 Å². The van der Waals surface area contributed by atoms with Crippen LogP contribution < -0.4 is 14.5 Å². The smallest absolute Gasteiger partial charge is 0.128 e. The summed E-state index contributed by atoms with van der Waals surface area (Å²) in [4.78, 5) is 8.96. The van der Waals surface area contributed by atoms with Crippen LogP contribution in [0.1, 0.15) is 19.4 Å². The summed E-state index contributed by atoms with van der Waals surface area (Å²) in [6.45, 7) is 7.11. The summed E-state index contributed by atoms with van der Waals surface area (Å²) in [5, 5.41) is 0. The first-order valence-electron chi connectivity index (χ1n) is 7.73. The van der Waals surface area contributed by atoms with Crippen molar-refractivity contribution in [2.75, 3.05) is 37.0 Å². The number of hydrogen-bond acceptors (Lipinski definition) is 4. The zero-order chi connectivity index (χ0) is 15.9. The van der Waals surface area contributed by atoms with Crippen LogP contribution in [-0.2, 0) is 6.54 Å². The summed E-state index contributed by atoms with van der Waals surface area (Å²) in [6, 6.07) is 12.4. The Morgan fingerprint density at radius 2 is 1.73 bits per heavy atom. The molecule has 4 nitrogen and oxygen atoms in total. The molecule has 1 aromatic heterocycles. The van der Waals surface area contributed by atoms with E-state index in [4.69, 9.17) is 4.74 Å². The van der Waals surface area contributed by atoms with Crippen LogP contribution in [0.3, 0.4) is 0 Å². The maximum atomic E-state index is 5.20. The molecule has 0 bridgehead atoms. The highest BCUT2D eigenvalue weighted by Gasteiger charge is 2.07. The third kappa shape index (κ3) is 3.91. The highest BCUT2D eigenvalue weighted by molar-refractivity contribution is 5.49. The van der Waals surface area contributed by atoms with Gasteiger partial charge in [0, 0.05) is 38.6 Å².